The third-order valence-corrected chi connectivity index (χ3v) is 2.81. The fourth-order valence-corrected chi connectivity index (χ4v) is 1.82. The largest absolute Gasteiger partial charge is 0.469 e. The lowest BCUT2D eigenvalue weighted by Gasteiger charge is -2.07. The molecular weight excluding hydrogens is 264 g/mol. The van der Waals surface area contributed by atoms with Crippen LogP contribution in [0.3, 0.4) is 0 Å². The molecule has 0 amide bonds. The molecule has 1 aromatic heterocycles. The van der Waals surface area contributed by atoms with Crippen LogP contribution in [-0.2, 0) is 20.7 Å². The number of hydrogen-bond acceptors (Lipinski definition) is 6. The van der Waals surface area contributed by atoms with E-state index in [2.05, 4.69) is 9.47 Å². The average molecular weight is 276 g/mol. The molecule has 20 heavy (non-hydrogen) atoms. The van der Waals surface area contributed by atoms with Gasteiger partial charge in [-0.25, -0.2) is 4.79 Å². The van der Waals surface area contributed by atoms with Crippen LogP contribution < -0.4 is 5.43 Å². The van der Waals surface area contributed by atoms with Crippen molar-refractivity contribution in [2.75, 3.05) is 14.2 Å². The van der Waals surface area contributed by atoms with Gasteiger partial charge in [0.25, 0.3) is 0 Å². The zero-order valence-corrected chi connectivity index (χ0v) is 11.0. The van der Waals surface area contributed by atoms with E-state index in [1.807, 2.05) is 0 Å². The lowest BCUT2D eigenvalue weighted by atomic mass is 10.1. The van der Waals surface area contributed by atoms with Crippen molar-refractivity contribution in [1.29, 1.82) is 0 Å². The molecule has 0 aliphatic rings. The van der Waals surface area contributed by atoms with Crippen LogP contribution in [0.4, 0.5) is 0 Å². The number of methoxy groups -OCH3 is 2. The minimum Gasteiger partial charge on any atom is -0.469 e. The summed E-state index contributed by atoms with van der Waals surface area (Å²) in [6.07, 6.45) is -0.353. The molecule has 6 nitrogen and oxygen atoms in total. The highest BCUT2D eigenvalue weighted by Gasteiger charge is 2.23. The second kappa shape index (κ2) is 5.56. The third kappa shape index (κ3) is 2.40. The van der Waals surface area contributed by atoms with Gasteiger partial charge >= 0.3 is 11.9 Å². The summed E-state index contributed by atoms with van der Waals surface area (Å²) >= 11 is 0. The van der Waals surface area contributed by atoms with Gasteiger partial charge in [-0.15, -0.1) is 0 Å². The van der Waals surface area contributed by atoms with Crippen molar-refractivity contribution in [3.05, 3.63) is 45.8 Å². The first-order chi connectivity index (χ1) is 9.58. The van der Waals surface area contributed by atoms with Crippen molar-refractivity contribution in [2.45, 2.75) is 6.42 Å². The van der Waals surface area contributed by atoms with Crippen LogP contribution >= 0.6 is 0 Å². The number of fused-ring (bicyclic) bond motifs is 1. The van der Waals surface area contributed by atoms with E-state index >= 15 is 0 Å². The van der Waals surface area contributed by atoms with E-state index in [1.54, 1.807) is 24.3 Å². The van der Waals surface area contributed by atoms with Crippen LogP contribution in [0, 0.1) is 0 Å². The Kier molecular flexibility index (Phi) is 3.84. The molecule has 0 N–H and O–H groups in total. The molecule has 0 bridgehead atoms. The minimum atomic E-state index is -0.813. The Balaban J connectivity index is 2.73. The first kappa shape index (κ1) is 13.8. The van der Waals surface area contributed by atoms with Gasteiger partial charge in [-0.3, -0.25) is 9.59 Å². The van der Waals surface area contributed by atoms with Crippen molar-refractivity contribution in [1.82, 2.24) is 0 Å². The van der Waals surface area contributed by atoms with Crippen molar-refractivity contribution >= 4 is 22.9 Å². The van der Waals surface area contributed by atoms with Gasteiger partial charge in [-0.2, -0.15) is 0 Å². The van der Waals surface area contributed by atoms with E-state index < -0.39 is 17.4 Å². The molecule has 0 spiro atoms. The summed E-state index contributed by atoms with van der Waals surface area (Å²) in [7, 11) is 2.36. The summed E-state index contributed by atoms with van der Waals surface area (Å²) in [6, 6.07) is 6.46. The van der Waals surface area contributed by atoms with Gasteiger partial charge in [0, 0.05) is 0 Å². The molecule has 1 aromatic carbocycles. The second-order valence-corrected chi connectivity index (χ2v) is 3.98. The van der Waals surface area contributed by atoms with Gasteiger partial charge < -0.3 is 13.9 Å². The zero-order valence-electron chi connectivity index (χ0n) is 11.0. The first-order valence-corrected chi connectivity index (χ1v) is 5.78. The van der Waals surface area contributed by atoms with Crippen molar-refractivity contribution in [3.8, 4) is 0 Å². The maximum absolute atomic E-state index is 12.3. The van der Waals surface area contributed by atoms with E-state index in [9.17, 15) is 14.4 Å². The third-order valence-electron chi connectivity index (χ3n) is 2.81. The van der Waals surface area contributed by atoms with Crippen LogP contribution in [0.1, 0.15) is 16.1 Å². The van der Waals surface area contributed by atoms with Crippen LogP contribution in [0.2, 0.25) is 0 Å². The smallest absolute Gasteiger partial charge is 0.374 e. The highest BCUT2D eigenvalue weighted by molar-refractivity contribution is 5.92. The van der Waals surface area contributed by atoms with E-state index in [0.717, 1.165) is 0 Å². The molecule has 0 aliphatic heterocycles. The predicted molar refractivity (Wildman–Crippen MR) is 69.5 cm³/mol. The van der Waals surface area contributed by atoms with Crippen molar-refractivity contribution in [3.63, 3.8) is 0 Å². The quantitative estimate of drug-likeness (QED) is 0.786. The van der Waals surface area contributed by atoms with Gasteiger partial charge in [0.15, 0.2) is 5.43 Å². The number of ether oxygens (including phenoxy) is 2. The van der Waals surface area contributed by atoms with Crippen molar-refractivity contribution < 1.29 is 23.5 Å². The standard InChI is InChI=1S/C14H12O6/c1-18-11(15)7-9-12(16)8-5-3-4-6-10(8)20-13(9)14(17)19-2/h3-6H,7H2,1-2H3. The molecule has 6 heteroatoms. The van der Waals surface area contributed by atoms with Crippen LogP contribution in [0.25, 0.3) is 11.0 Å². The molecular formula is C14H12O6. The Bertz CT molecular complexity index is 728. The number of carbonyl (C=O) groups excluding carboxylic acids is 2. The summed E-state index contributed by atoms with van der Waals surface area (Å²) < 4.78 is 14.5. The molecule has 2 rings (SSSR count). The summed E-state index contributed by atoms with van der Waals surface area (Å²) in [6.45, 7) is 0. The van der Waals surface area contributed by atoms with E-state index in [1.165, 1.54) is 14.2 Å². The molecule has 104 valence electrons. The second-order valence-electron chi connectivity index (χ2n) is 3.98. The first-order valence-electron chi connectivity index (χ1n) is 5.78. The van der Waals surface area contributed by atoms with E-state index in [0.29, 0.717) is 5.39 Å². The zero-order chi connectivity index (χ0) is 14.7. The number of rotatable bonds is 3. The lowest BCUT2D eigenvalue weighted by Crippen LogP contribution is -2.20. The lowest BCUT2D eigenvalue weighted by molar-refractivity contribution is -0.139. The molecule has 0 saturated carbocycles. The Morgan fingerprint density at radius 3 is 2.50 bits per heavy atom. The molecule has 0 fully saturated rings. The van der Waals surface area contributed by atoms with Gasteiger partial charge in [0.1, 0.15) is 5.58 Å². The summed E-state index contributed by atoms with van der Waals surface area (Å²) in [5.41, 5.74) is -0.258. The summed E-state index contributed by atoms with van der Waals surface area (Å²) in [5, 5.41) is 0.291. The number of carbonyl (C=O) groups is 2. The number of esters is 2. The maximum Gasteiger partial charge on any atom is 0.374 e. The van der Waals surface area contributed by atoms with Gasteiger partial charge in [-0.05, 0) is 12.1 Å². The fourth-order valence-electron chi connectivity index (χ4n) is 1.82. The highest BCUT2D eigenvalue weighted by atomic mass is 16.5. The molecule has 1 heterocycles. The van der Waals surface area contributed by atoms with Crippen molar-refractivity contribution in [2.24, 2.45) is 0 Å². The monoisotopic (exact) mass is 276 g/mol. The van der Waals surface area contributed by atoms with Crippen LogP contribution in [-0.4, -0.2) is 26.2 Å². The molecule has 0 unspecified atom stereocenters. The molecule has 0 aliphatic carbocycles. The van der Waals surface area contributed by atoms with E-state index in [4.69, 9.17) is 4.42 Å². The van der Waals surface area contributed by atoms with Gasteiger partial charge in [0.2, 0.25) is 5.76 Å². The van der Waals surface area contributed by atoms with Gasteiger partial charge in [0.05, 0.1) is 31.6 Å². The Hall–Kier alpha value is -2.63. The number of benzene rings is 1. The minimum absolute atomic E-state index is 0.0672. The Labute approximate surface area is 113 Å². The fraction of sp³-hybridized carbons (Fsp3) is 0.214. The number of hydrogen-bond donors (Lipinski definition) is 0. The Morgan fingerprint density at radius 2 is 1.85 bits per heavy atom. The summed E-state index contributed by atoms with van der Waals surface area (Å²) in [4.78, 5) is 35.4. The maximum atomic E-state index is 12.3. The molecule has 0 atom stereocenters. The SMILES string of the molecule is COC(=O)Cc1c(C(=O)OC)oc2ccccc2c1=O. The van der Waals surface area contributed by atoms with Crippen LogP contribution in [0.15, 0.2) is 33.5 Å². The van der Waals surface area contributed by atoms with Gasteiger partial charge in [-0.1, -0.05) is 12.1 Å². The molecule has 2 aromatic rings. The highest BCUT2D eigenvalue weighted by Crippen LogP contribution is 2.17. The normalized spacial score (nSPS) is 10.3. The van der Waals surface area contributed by atoms with E-state index in [-0.39, 0.29) is 23.3 Å². The Morgan fingerprint density at radius 1 is 1.15 bits per heavy atom. The van der Waals surface area contributed by atoms with Crippen LogP contribution in [0.5, 0.6) is 0 Å². The average Bonchev–Trinajstić information content (AvgIpc) is 2.48. The molecule has 0 saturated heterocycles. The molecule has 0 radical (unpaired) electrons. The predicted octanol–water partition coefficient (Wildman–Crippen LogP) is 1.30. The topological polar surface area (TPSA) is 82.8 Å². The number of para-hydroxylation sites is 1. The summed E-state index contributed by atoms with van der Waals surface area (Å²) in [5.74, 6) is -1.73.